The monoisotopic (exact) mass is 408 g/mol. The van der Waals surface area contributed by atoms with Gasteiger partial charge in [-0.25, -0.2) is 4.79 Å². The Kier molecular flexibility index (Phi) is 8.57. The Morgan fingerprint density at radius 1 is 1.04 bits per heavy atom. The molecule has 0 bridgehead atoms. The van der Waals surface area contributed by atoms with Gasteiger partial charge in [0.15, 0.2) is 6.10 Å². The van der Waals surface area contributed by atoms with Crippen LogP contribution < -0.4 is 9.47 Å². The number of aliphatic hydroxyl groups is 1. The molecule has 152 valence electrons. The maximum Gasteiger partial charge on any atom is 0.333 e. The third-order valence-electron chi connectivity index (χ3n) is 3.73. The third kappa shape index (κ3) is 7.76. The summed E-state index contributed by atoms with van der Waals surface area (Å²) in [6.45, 7) is 3.71. The van der Waals surface area contributed by atoms with E-state index in [4.69, 9.17) is 25.8 Å². The molecule has 2 atom stereocenters. The molecular formula is C21H25ClO6. The van der Waals surface area contributed by atoms with Gasteiger partial charge >= 0.3 is 5.97 Å². The molecule has 2 aromatic rings. The zero-order valence-corrected chi connectivity index (χ0v) is 16.6. The van der Waals surface area contributed by atoms with E-state index in [1.165, 1.54) is 0 Å². The van der Waals surface area contributed by atoms with Crippen molar-refractivity contribution in [2.75, 3.05) is 13.2 Å². The van der Waals surface area contributed by atoms with E-state index in [-0.39, 0.29) is 25.7 Å². The molecule has 1 unspecified atom stereocenters. The van der Waals surface area contributed by atoms with Crippen LogP contribution in [0.5, 0.6) is 11.5 Å². The van der Waals surface area contributed by atoms with Crippen LogP contribution in [-0.4, -0.2) is 47.7 Å². The van der Waals surface area contributed by atoms with Crippen LogP contribution in [0.4, 0.5) is 0 Å². The predicted octanol–water partition coefficient (Wildman–Crippen LogP) is 3.58. The minimum absolute atomic E-state index is 0.0435. The summed E-state index contributed by atoms with van der Waals surface area (Å²) >= 11 is 5.81. The van der Waals surface area contributed by atoms with Gasteiger partial charge in [0, 0.05) is 11.4 Å². The van der Waals surface area contributed by atoms with Gasteiger partial charge in [-0.2, -0.15) is 0 Å². The lowest BCUT2D eigenvalue weighted by Gasteiger charge is -2.17. The molecule has 0 saturated heterocycles. The molecular weight excluding hydrogens is 384 g/mol. The van der Waals surface area contributed by atoms with Crippen molar-refractivity contribution < 1.29 is 29.2 Å². The van der Waals surface area contributed by atoms with E-state index in [2.05, 4.69) is 0 Å². The van der Waals surface area contributed by atoms with Crippen LogP contribution in [0.25, 0.3) is 0 Å². The number of rotatable bonds is 11. The van der Waals surface area contributed by atoms with E-state index in [1.54, 1.807) is 56.3 Å². The highest BCUT2D eigenvalue weighted by molar-refractivity contribution is 6.30. The number of halogens is 1. The molecule has 28 heavy (non-hydrogen) atoms. The molecule has 2 aromatic carbocycles. The number of aliphatic hydroxyl groups excluding tert-OH is 1. The van der Waals surface area contributed by atoms with Crippen molar-refractivity contribution in [1.82, 2.24) is 0 Å². The summed E-state index contributed by atoms with van der Waals surface area (Å²) in [6, 6.07) is 13.9. The van der Waals surface area contributed by atoms with E-state index >= 15 is 0 Å². The highest BCUT2D eigenvalue weighted by Gasteiger charge is 2.20. The number of carbonyl (C=O) groups is 1. The van der Waals surface area contributed by atoms with Gasteiger partial charge in [0.2, 0.25) is 0 Å². The number of hydrogen-bond acceptors (Lipinski definition) is 5. The van der Waals surface area contributed by atoms with Crippen LogP contribution >= 0.6 is 11.6 Å². The highest BCUT2D eigenvalue weighted by Crippen LogP contribution is 2.18. The first-order valence-corrected chi connectivity index (χ1v) is 9.37. The highest BCUT2D eigenvalue weighted by atomic mass is 35.5. The van der Waals surface area contributed by atoms with Crippen LogP contribution in [-0.2, 0) is 16.0 Å². The number of ether oxygens (including phenoxy) is 3. The van der Waals surface area contributed by atoms with E-state index in [0.717, 1.165) is 5.56 Å². The van der Waals surface area contributed by atoms with Gasteiger partial charge in [0.05, 0.1) is 6.10 Å². The standard InChI is InChI=1S/C21H25ClO6/c1-14(2)28-20(21(24)25)11-15-4-3-5-19(10-15)27-13-17(23)12-26-18-8-6-16(22)7-9-18/h3-10,14,17,20,23H,11-13H2,1-2H3,(H,24,25)/t17-,20?/m0/s1. The molecule has 2 N–H and O–H groups in total. The number of carboxylic acid groups (broad SMARTS) is 1. The summed E-state index contributed by atoms with van der Waals surface area (Å²) in [7, 11) is 0. The van der Waals surface area contributed by atoms with Gasteiger partial charge in [-0.05, 0) is 55.8 Å². The van der Waals surface area contributed by atoms with Crippen molar-refractivity contribution >= 4 is 17.6 Å². The van der Waals surface area contributed by atoms with Gasteiger partial charge in [-0.1, -0.05) is 23.7 Å². The molecule has 0 amide bonds. The molecule has 0 saturated carbocycles. The summed E-state index contributed by atoms with van der Waals surface area (Å²) in [5.74, 6) is 0.141. The predicted molar refractivity (Wildman–Crippen MR) is 106 cm³/mol. The first kappa shape index (κ1) is 22.0. The van der Waals surface area contributed by atoms with Crippen molar-refractivity contribution in [2.24, 2.45) is 0 Å². The van der Waals surface area contributed by atoms with Crippen molar-refractivity contribution in [3.63, 3.8) is 0 Å². The Balaban J connectivity index is 1.84. The van der Waals surface area contributed by atoms with Crippen LogP contribution in [0.3, 0.4) is 0 Å². The minimum atomic E-state index is -1.00. The van der Waals surface area contributed by atoms with Crippen molar-refractivity contribution in [3.8, 4) is 11.5 Å². The van der Waals surface area contributed by atoms with Gasteiger partial charge < -0.3 is 24.4 Å². The smallest absolute Gasteiger partial charge is 0.333 e. The lowest BCUT2D eigenvalue weighted by Crippen LogP contribution is -2.29. The lowest BCUT2D eigenvalue weighted by molar-refractivity contribution is -0.153. The molecule has 0 spiro atoms. The van der Waals surface area contributed by atoms with Gasteiger partial charge in [0.25, 0.3) is 0 Å². The van der Waals surface area contributed by atoms with Gasteiger partial charge in [0.1, 0.15) is 30.8 Å². The average Bonchev–Trinajstić information content (AvgIpc) is 2.65. The first-order chi connectivity index (χ1) is 13.3. The molecule has 0 aliphatic rings. The van der Waals surface area contributed by atoms with E-state index in [9.17, 15) is 15.0 Å². The number of hydrogen-bond donors (Lipinski definition) is 2. The Morgan fingerprint density at radius 2 is 1.68 bits per heavy atom. The van der Waals surface area contributed by atoms with E-state index in [1.807, 2.05) is 6.07 Å². The molecule has 6 nitrogen and oxygen atoms in total. The second-order valence-electron chi connectivity index (χ2n) is 6.59. The second kappa shape index (κ2) is 10.9. The molecule has 7 heteroatoms. The zero-order valence-electron chi connectivity index (χ0n) is 15.9. The van der Waals surface area contributed by atoms with Crippen LogP contribution in [0.1, 0.15) is 19.4 Å². The summed E-state index contributed by atoms with van der Waals surface area (Å²) in [5.41, 5.74) is 0.775. The van der Waals surface area contributed by atoms with Gasteiger partial charge in [-0.15, -0.1) is 0 Å². The van der Waals surface area contributed by atoms with E-state index in [0.29, 0.717) is 16.5 Å². The fourth-order valence-electron chi connectivity index (χ4n) is 2.46. The maximum absolute atomic E-state index is 11.3. The Morgan fingerprint density at radius 3 is 2.29 bits per heavy atom. The molecule has 0 aliphatic heterocycles. The van der Waals surface area contributed by atoms with Crippen LogP contribution in [0.15, 0.2) is 48.5 Å². The van der Waals surface area contributed by atoms with Crippen molar-refractivity contribution in [3.05, 3.63) is 59.1 Å². The molecule has 0 fully saturated rings. The largest absolute Gasteiger partial charge is 0.491 e. The fraction of sp³-hybridized carbons (Fsp3) is 0.381. The molecule has 0 radical (unpaired) electrons. The average molecular weight is 409 g/mol. The molecule has 0 aliphatic carbocycles. The topological polar surface area (TPSA) is 85.2 Å². The van der Waals surface area contributed by atoms with Crippen molar-refractivity contribution in [1.29, 1.82) is 0 Å². The Labute approximate surface area is 169 Å². The zero-order chi connectivity index (χ0) is 20.5. The van der Waals surface area contributed by atoms with E-state index < -0.39 is 18.2 Å². The molecule has 0 heterocycles. The number of carboxylic acids is 1. The normalized spacial score (nSPS) is 13.2. The van der Waals surface area contributed by atoms with Crippen LogP contribution in [0.2, 0.25) is 5.02 Å². The third-order valence-corrected chi connectivity index (χ3v) is 3.98. The quantitative estimate of drug-likeness (QED) is 0.591. The summed E-state index contributed by atoms with van der Waals surface area (Å²) in [4.78, 5) is 11.3. The summed E-state index contributed by atoms with van der Waals surface area (Å²) in [5, 5.41) is 19.9. The first-order valence-electron chi connectivity index (χ1n) is 9.00. The van der Waals surface area contributed by atoms with Crippen LogP contribution in [0, 0.1) is 0 Å². The maximum atomic E-state index is 11.3. The Hall–Kier alpha value is -2.28. The summed E-state index contributed by atoms with van der Waals surface area (Å²) in [6.07, 6.45) is -1.70. The fourth-order valence-corrected chi connectivity index (χ4v) is 2.59. The second-order valence-corrected chi connectivity index (χ2v) is 7.03. The molecule has 0 aromatic heterocycles. The van der Waals surface area contributed by atoms with Crippen molar-refractivity contribution in [2.45, 2.75) is 38.6 Å². The Bertz CT molecular complexity index is 747. The molecule has 2 rings (SSSR count). The number of benzene rings is 2. The lowest BCUT2D eigenvalue weighted by atomic mass is 10.1. The SMILES string of the molecule is CC(C)OC(Cc1cccc(OC[C@@H](O)COc2ccc(Cl)cc2)c1)C(=O)O. The van der Waals surface area contributed by atoms with Gasteiger partial charge in [-0.3, -0.25) is 0 Å². The number of aliphatic carboxylic acids is 1. The summed E-state index contributed by atoms with van der Waals surface area (Å²) < 4.78 is 16.5. The minimum Gasteiger partial charge on any atom is -0.491 e.